The first-order valence-electron chi connectivity index (χ1n) is 24.7. The van der Waals surface area contributed by atoms with Gasteiger partial charge in [0.05, 0.1) is 39.6 Å². The summed E-state index contributed by atoms with van der Waals surface area (Å²) in [6, 6.07) is 0. The van der Waals surface area contributed by atoms with Gasteiger partial charge in [0.15, 0.2) is 44.0 Å². The zero-order valence-corrected chi connectivity index (χ0v) is 40.4. The minimum atomic E-state index is -2.20. The first-order valence-corrected chi connectivity index (χ1v) is 24.7. The van der Waals surface area contributed by atoms with Gasteiger partial charge < -0.3 is 174 Å². The Bertz CT molecular complexity index is 1470. The molecule has 0 aromatic carbocycles. The van der Waals surface area contributed by atoms with Gasteiger partial charge in [0.1, 0.15) is 171 Å². The van der Waals surface area contributed by atoms with Crippen molar-refractivity contribution in [3.63, 3.8) is 0 Å². The van der Waals surface area contributed by atoms with Crippen molar-refractivity contribution in [3.8, 4) is 0 Å². The maximum atomic E-state index is 11.4. The van der Waals surface area contributed by atoms with Crippen molar-refractivity contribution in [2.45, 2.75) is 215 Å². The topological polar surface area (TPSA) is 560 Å². The van der Waals surface area contributed by atoms with Crippen LogP contribution in [-0.4, -0.2) is 363 Å². The van der Waals surface area contributed by atoms with E-state index in [0.29, 0.717) is 0 Å². The van der Waals surface area contributed by atoms with E-state index in [9.17, 15) is 102 Å². The van der Waals surface area contributed by atoms with Crippen LogP contribution in [-0.2, 0) is 66.3 Å². The van der Waals surface area contributed by atoms with Gasteiger partial charge in [-0.05, 0) is 0 Å². The van der Waals surface area contributed by atoms with Gasteiger partial charge in [-0.1, -0.05) is 0 Å². The largest absolute Gasteiger partial charge is 0.394 e. The van der Waals surface area contributed by atoms with Crippen molar-refractivity contribution in [1.82, 2.24) is 0 Å². The van der Waals surface area contributed by atoms with E-state index in [2.05, 4.69) is 0 Å². The van der Waals surface area contributed by atoms with Gasteiger partial charge in [-0.15, -0.1) is 0 Å². The lowest BCUT2D eigenvalue weighted by molar-refractivity contribution is -0.396. The summed E-state index contributed by atoms with van der Waals surface area (Å²) in [4.78, 5) is 0. The molecule has 21 fully saturated rings. The molecule has 35 heteroatoms. The Morgan fingerprint density at radius 3 is 0.455 bits per heavy atom. The monoisotopic (exact) mass is 1130 g/mol. The van der Waals surface area contributed by atoms with Gasteiger partial charge in [0.25, 0.3) is 0 Å². The summed E-state index contributed by atoms with van der Waals surface area (Å²) in [6.07, 6.45) is -69.2. The van der Waals surface area contributed by atoms with Gasteiger partial charge in [-0.2, -0.15) is 0 Å². The molecule has 21 aliphatic heterocycles. The van der Waals surface area contributed by atoms with Gasteiger partial charge in [0, 0.05) is 6.54 Å². The Labute approximate surface area is 434 Å². The zero-order valence-electron chi connectivity index (χ0n) is 40.4. The fraction of sp³-hybridized carbons (Fsp3) is 1.00. The van der Waals surface area contributed by atoms with Crippen LogP contribution in [0, 0.1) is 0 Å². The van der Waals surface area contributed by atoms with Gasteiger partial charge in [-0.25, -0.2) is 0 Å². The minimum absolute atomic E-state index is 0.547. The minimum Gasteiger partial charge on any atom is -0.394 e. The van der Waals surface area contributed by atoms with E-state index in [4.69, 9.17) is 72.0 Å². The molecule has 22 N–H and O–H groups in total. The average molecular weight is 1130 g/mol. The number of hydrogen-bond acceptors (Lipinski definition) is 35. The maximum absolute atomic E-state index is 11.4. The summed E-state index contributed by atoms with van der Waals surface area (Å²) >= 11 is 0. The molecular weight excluding hydrogens is 1060 g/mol. The summed E-state index contributed by atoms with van der Waals surface area (Å²) in [7, 11) is 0. The Balaban J connectivity index is 1.08. The fourth-order valence-corrected chi connectivity index (χ4v) is 10.5. The van der Waals surface area contributed by atoms with Gasteiger partial charge in [-0.3, -0.25) is 0 Å². The lowest BCUT2D eigenvalue weighted by Crippen LogP contribution is -2.68. The summed E-state index contributed by atoms with van der Waals surface area (Å²) < 4.78 is 79.9. The molecule has 0 aliphatic carbocycles. The summed E-state index contributed by atoms with van der Waals surface area (Å²) in [5, 5.41) is 220. The van der Waals surface area contributed by atoms with Crippen molar-refractivity contribution in [1.29, 1.82) is 0 Å². The summed E-state index contributed by atoms with van der Waals surface area (Å²) in [5.74, 6) is 0. The van der Waals surface area contributed by atoms with Crippen LogP contribution in [0.15, 0.2) is 0 Å². The molecular formula is C42H71NO34. The van der Waals surface area contributed by atoms with Crippen molar-refractivity contribution in [2.24, 2.45) is 5.73 Å². The molecule has 0 aromatic rings. The third-order valence-corrected chi connectivity index (χ3v) is 14.8. The summed E-state index contributed by atoms with van der Waals surface area (Å²) in [6.45, 7) is -6.75. The molecule has 0 aromatic heterocycles. The van der Waals surface area contributed by atoms with Crippen LogP contribution in [0.5, 0.6) is 0 Å². The highest BCUT2D eigenvalue weighted by molar-refractivity contribution is 5.02. The average Bonchev–Trinajstić information content (AvgIpc) is 3.47. The standard InChI is InChI=1S/C42H71NO34/c43-1-8-29-15(50)22(57)36(64-8)72-30-9(2-44)66-38(24(59)17(30)52)74-32-11(4-46)68-40(26(61)19(32)54)76-34-13(6-48)70-42(28(63)21(34)56)77-35-14(7-49)69-41(27(62)20(35)55)75-33-12(5-47)67-39(25(60)18(33)53)73-31-10(3-45)65-37(71-29)23(58)16(31)51/h8-42,44-63H,1-7,43H2. The molecule has 35 unspecified atom stereocenters. The Hall–Kier alpha value is -1.40. The van der Waals surface area contributed by atoms with E-state index in [1.54, 1.807) is 0 Å². The lowest BCUT2D eigenvalue weighted by atomic mass is 9.95. The predicted octanol–water partition coefficient (Wildman–Crippen LogP) is -15.3. The van der Waals surface area contributed by atoms with Crippen LogP contribution >= 0.6 is 0 Å². The number of nitrogens with two attached hydrogens (primary N) is 1. The molecule has 21 saturated heterocycles. The Morgan fingerprint density at radius 1 is 0.195 bits per heavy atom. The molecule has 0 amide bonds. The zero-order chi connectivity index (χ0) is 56.1. The van der Waals surface area contributed by atoms with Crippen LogP contribution in [0.1, 0.15) is 0 Å². The fourth-order valence-electron chi connectivity index (χ4n) is 10.5. The highest BCUT2D eigenvalue weighted by atomic mass is 16.8. The second kappa shape index (κ2) is 26.0. The molecule has 14 bridgehead atoms. The first kappa shape index (κ1) is 61.7. The first-order chi connectivity index (χ1) is 36.7. The molecule has 448 valence electrons. The number of hydrogen-bond donors (Lipinski definition) is 21. The molecule has 21 aliphatic rings. The van der Waals surface area contributed by atoms with Crippen LogP contribution in [0.3, 0.4) is 0 Å². The maximum Gasteiger partial charge on any atom is 0.187 e. The smallest absolute Gasteiger partial charge is 0.187 e. The predicted molar refractivity (Wildman–Crippen MR) is 230 cm³/mol. The van der Waals surface area contributed by atoms with Gasteiger partial charge in [0.2, 0.25) is 0 Å². The normalized spacial score (nSPS) is 55.4. The quantitative estimate of drug-likeness (QED) is 0.113. The molecule has 35 atom stereocenters. The van der Waals surface area contributed by atoms with Crippen LogP contribution in [0.25, 0.3) is 0 Å². The molecule has 21 heterocycles. The molecule has 0 radical (unpaired) electrons. The van der Waals surface area contributed by atoms with E-state index in [0.717, 1.165) is 0 Å². The number of aliphatic hydroxyl groups is 20. The number of aliphatic hydroxyl groups excluding tert-OH is 20. The van der Waals surface area contributed by atoms with Crippen LogP contribution in [0.2, 0.25) is 0 Å². The third-order valence-electron chi connectivity index (χ3n) is 14.8. The second-order valence-electron chi connectivity index (χ2n) is 19.7. The van der Waals surface area contributed by atoms with E-state index in [-0.39, 0.29) is 0 Å². The third kappa shape index (κ3) is 12.1. The van der Waals surface area contributed by atoms with Crippen molar-refractivity contribution in [2.75, 3.05) is 46.2 Å². The number of rotatable bonds is 7. The highest BCUT2D eigenvalue weighted by Gasteiger charge is 2.59. The highest BCUT2D eigenvalue weighted by Crippen LogP contribution is 2.39. The number of ether oxygens (including phenoxy) is 14. The van der Waals surface area contributed by atoms with E-state index >= 15 is 0 Å². The van der Waals surface area contributed by atoms with Crippen LogP contribution < -0.4 is 5.73 Å². The van der Waals surface area contributed by atoms with E-state index in [1.165, 1.54) is 0 Å². The lowest BCUT2D eigenvalue weighted by Gasteiger charge is -2.50. The van der Waals surface area contributed by atoms with E-state index < -0.39 is 261 Å². The molecule has 77 heavy (non-hydrogen) atoms. The SMILES string of the molecule is NCC1OC2OC3C(CO)OC(OC4C(CO)OC(OC5C(CO)OC(OC6C(CO)OC(OC7C(CO)OC(OC8C(CO)OC(OC1C(O)C2O)C(O)C8O)C(O)C7O)C(O)C6O)C(O)C5O)C(O)C4O)C(O)C3O. The molecule has 0 spiro atoms. The molecule has 35 nitrogen and oxygen atoms in total. The van der Waals surface area contributed by atoms with Gasteiger partial charge >= 0.3 is 0 Å². The van der Waals surface area contributed by atoms with Crippen molar-refractivity contribution >= 4 is 0 Å². The molecule has 21 rings (SSSR count). The van der Waals surface area contributed by atoms with Crippen molar-refractivity contribution in [3.05, 3.63) is 0 Å². The van der Waals surface area contributed by atoms with Crippen molar-refractivity contribution < 1.29 is 168 Å². The van der Waals surface area contributed by atoms with E-state index in [1.807, 2.05) is 0 Å². The Morgan fingerprint density at radius 2 is 0.325 bits per heavy atom. The summed E-state index contributed by atoms with van der Waals surface area (Å²) in [5.41, 5.74) is 5.94. The van der Waals surface area contributed by atoms with Crippen LogP contribution in [0.4, 0.5) is 0 Å². The second-order valence-corrected chi connectivity index (χ2v) is 19.7. The molecule has 0 saturated carbocycles. The Kier molecular flexibility index (Phi) is 20.8.